The average Bonchev–Trinajstić information content (AvgIpc) is 2.46. The molecular formula is C11H22N2O. The van der Waals surface area contributed by atoms with E-state index >= 15 is 0 Å². The standard InChI is InChI=1S/C11H22N2O/c1-8(2)12-11-6-13(9(3)4)5-10(11)7-14/h8,10-12,14H,3,5-7H2,1-2,4H3/t10-,11+/m1/s1. The lowest BCUT2D eigenvalue weighted by Gasteiger charge is -2.20. The lowest BCUT2D eigenvalue weighted by atomic mass is 10.0. The molecule has 0 aromatic rings. The van der Waals surface area contributed by atoms with Crippen LogP contribution in [0, 0.1) is 5.92 Å². The molecule has 82 valence electrons. The summed E-state index contributed by atoms with van der Waals surface area (Å²) in [5.41, 5.74) is 1.09. The van der Waals surface area contributed by atoms with E-state index in [0.717, 1.165) is 18.8 Å². The van der Waals surface area contributed by atoms with E-state index in [1.54, 1.807) is 0 Å². The van der Waals surface area contributed by atoms with Crippen LogP contribution in [0.25, 0.3) is 0 Å². The number of hydrogen-bond donors (Lipinski definition) is 2. The summed E-state index contributed by atoms with van der Waals surface area (Å²) < 4.78 is 0. The van der Waals surface area contributed by atoms with Crippen LogP contribution in [0.4, 0.5) is 0 Å². The third-order valence-electron chi connectivity index (χ3n) is 2.76. The molecule has 2 atom stereocenters. The smallest absolute Gasteiger partial charge is 0.0491 e. The Labute approximate surface area is 86.8 Å². The molecule has 0 radical (unpaired) electrons. The number of allylic oxidation sites excluding steroid dienone is 1. The van der Waals surface area contributed by atoms with Crippen LogP contribution in [0.1, 0.15) is 20.8 Å². The van der Waals surface area contributed by atoms with Crippen molar-refractivity contribution in [1.82, 2.24) is 10.2 Å². The average molecular weight is 198 g/mol. The van der Waals surface area contributed by atoms with E-state index in [4.69, 9.17) is 0 Å². The van der Waals surface area contributed by atoms with Crippen molar-refractivity contribution in [3.05, 3.63) is 12.3 Å². The van der Waals surface area contributed by atoms with Gasteiger partial charge in [-0.25, -0.2) is 0 Å². The van der Waals surface area contributed by atoms with Gasteiger partial charge in [-0.2, -0.15) is 0 Å². The zero-order chi connectivity index (χ0) is 10.7. The molecule has 0 aliphatic carbocycles. The van der Waals surface area contributed by atoms with Crippen LogP contribution < -0.4 is 5.32 Å². The predicted octanol–water partition coefficient (Wildman–Crippen LogP) is 0.811. The van der Waals surface area contributed by atoms with Gasteiger partial charge in [-0.3, -0.25) is 0 Å². The molecule has 3 nitrogen and oxygen atoms in total. The first-order valence-electron chi connectivity index (χ1n) is 5.32. The molecule has 1 fully saturated rings. The second-order valence-corrected chi connectivity index (χ2v) is 4.51. The van der Waals surface area contributed by atoms with Crippen molar-refractivity contribution >= 4 is 0 Å². The Morgan fingerprint density at radius 2 is 2.21 bits per heavy atom. The summed E-state index contributed by atoms with van der Waals surface area (Å²) in [6, 6.07) is 0.871. The molecule has 1 saturated heterocycles. The van der Waals surface area contributed by atoms with Gasteiger partial charge in [0, 0.05) is 43.4 Å². The van der Waals surface area contributed by atoms with Crippen molar-refractivity contribution < 1.29 is 5.11 Å². The summed E-state index contributed by atoms with van der Waals surface area (Å²) in [6.45, 7) is 12.4. The van der Waals surface area contributed by atoms with Gasteiger partial charge in [0.25, 0.3) is 0 Å². The Morgan fingerprint density at radius 3 is 2.64 bits per heavy atom. The molecule has 0 unspecified atom stereocenters. The van der Waals surface area contributed by atoms with Crippen LogP contribution in [0.5, 0.6) is 0 Å². The lowest BCUT2D eigenvalue weighted by Crippen LogP contribution is -2.41. The lowest BCUT2D eigenvalue weighted by molar-refractivity contribution is 0.208. The van der Waals surface area contributed by atoms with E-state index in [9.17, 15) is 5.11 Å². The fraction of sp³-hybridized carbons (Fsp3) is 0.818. The number of aliphatic hydroxyl groups excluding tert-OH is 1. The highest BCUT2D eigenvalue weighted by Crippen LogP contribution is 2.20. The Morgan fingerprint density at radius 1 is 1.57 bits per heavy atom. The molecule has 0 aromatic heterocycles. The van der Waals surface area contributed by atoms with Gasteiger partial charge in [-0.05, 0) is 6.92 Å². The molecule has 0 saturated carbocycles. The van der Waals surface area contributed by atoms with E-state index in [1.807, 2.05) is 6.92 Å². The third kappa shape index (κ3) is 2.72. The van der Waals surface area contributed by atoms with Crippen molar-refractivity contribution in [2.45, 2.75) is 32.9 Å². The Kier molecular flexibility index (Phi) is 3.96. The van der Waals surface area contributed by atoms with E-state index in [0.29, 0.717) is 18.0 Å². The maximum atomic E-state index is 9.25. The topological polar surface area (TPSA) is 35.5 Å². The summed E-state index contributed by atoms with van der Waals surface area (Å²) in [5.74, 6) is 0.342. The second kappa shape index (κ2) is 4.80. The summed E-state index contributed by atoms with van der Waals surface area (Å²) >= 11 is 0. The molecule has 1 rings (SSSR count). The fourth-order valence-corrected chi connectivity index (χ4v) is 1.98. The summed E-state index contributed by atoms with van der Waals surface area (Å²) in [7, 11) is 0. The Bertz CT molecular complexity index is 203. The maximum Gasteiger partial charge on any atom is 0.0491 e. The minimum Gasteiger partial charge on any atom is -0.396 e. The molecular weight excluding hydrogens is 176 g/mol. The van der Waals surface area contributed by atoms with Crippen molar-refractivity contribution in [1.29, 1.82) is 0 Å². The number of nitrogens with zero attached hydrogens (tertiary/aromatic N) is 1. The third-order valence-corrected chi connectivity index (χ3v) is 2.76. The number of hydrogen-bond acceptors (Lipinski definition) is 3. The minimum absolute atomic E-state index is 0.258. The summed E-state index contributed by atoms with van der Waals surface area (Å²) in [6.07, 6.45) is 0. The first kappa shape index (κ1) is 11.5. The molecule has 0 spiro atoms. The van der Waals surface area contributed by atoms with Crippen molar-refractivity contribution in [3.8, 4) is 0 Å². The predicted molar refractivity (Wildman–Crippen MR) is 59.0 cm³/mol. The van der Waals surface area contributed by atoms with Crippen molar-refractivity contribution in [2.24, 2.45) is 5.92 Å². The zero-order valence-electron chi connectivity index (χ0n) is 9.45. The van der Waals surface area contributed by atoms with Gasteiger partial charge in [0.15, 0.2) is 0 Å². The van der Waals surface area contributed by atoms with Crippen LogP contribution in [-0.4, -0.2) is 41.8 Å². The Balaban J connectivity index is 2.53. The highest BCUT2D eigenvalue weighted by molar-refractivity contribution is 4.99. The van der Waals surface area contributed by atoms with E-state index in [2.05, 4.69) is 30.6 Å². The number of likely N-dealkylation sites (tertiary alicyclic amines) is 1. The highest BCUT2D eigenvalue weighted by Gasteiger charge is 2.31. The first-order chi connectivity index (χ1) is 6.54. The second-order valence-electron chi connectivity index (χ2n) is 4.51. The van der Waals surface area contributed by atoms with Crippen LogP contribution in [0.15, 0.2) is 12.3 Å². The van der Waals surface area contributed by atoms with Crippen LogP contribution in [0.3, 0.4) is 0 Å². The van der Waals surface area contributed by atoms with Gasteiger partial charge in [0.2, 0.25) is 0 Å². The number of aliphatic hydroxyl groups is 1. The fourth-order valence-electron chi connectivity index (χ4n) is 1.98. The van der Waals surface area contributed by atoms with Crippen LogP contribution in [0.2, 0.25) is 0 Å². The van der Waals surface area contributed by atoms with Gasteiger partial charge in [0.1, 0.15) is 0 Å². The molecule has 0 amide bonds. The maximum absolute atomic E-state index is 9.25. The Hall–Kier alpha value is -0.540. The summed E-state index contributed by atoms with van der Waals surface area (Å²) in [4.78, 5) is 2.24. The van der Waals surface area contributed by atoms with E-state index in [1.165, 1.54) is 0 Å². The zero-order valence-corrected chi connectivity index (χ0v) is 9.45. The number of rotatable bonds is 4. The quantitative estimate of drug-likeness (QED) is 0.702. The van der Waals surface area contributed by atoms with Gasteiger partial charge in [-0.15, -0.1) is 0 Å². The van der Waals surface area contributed by atoms with Gasteiger partial charge in [0.05, 0.1) is 0 Å². The van der Waals surface area contributed by atoms with E-state index < -0.39 is 0 Å². The summed E-state index contributed by atoms with van der Waals surface area (Å²) in [5, 5.41) is 12.7. The van der Waals surface area contributed by atoms with Gasteiger partial charge >= 0.3 is 0 Å². The molecule has 0 aromatic carbocycles. The monoisotopic (exact) mass is 198 g/mol. The molecule has 3 heteroatoms. The molecule has 1 heterocycles. The molecule has 1 aliphatic rings. The normalized spacial score (nSPS) is 27.4. The SMILES string of the molecule is C=C(C)N1C[C@H](CO)[C@@H](NC(C)C)C1. The van der Waals surface area contributed by atoms with Crippen molar-refractivity contribution in [3.63, 3.8) is 0 Å². The van der Waals surface area contributed by atoms with E-state index in [-0.39, 0.29) is 6.61 Å². The number of nitrogens with one attached hydrogen (secondary N) is 1. The van der Waals surface area contributed by atoms with Crippen LogP contribution in [-0.2, 0) is 0 Å². The largest absolute Gasteiger partial charge is 0.396 e. The van der Waals surface area contributed by atoms with Crippen molar-refractivity contribution in [2.75, 3.05) is 19.7 Å². The molecule has 2 N–H and O–H groups in total. The van der Waals surface area contributed by atoms with Gasteiger partial charge in [-0.1, -0.05) is 20.4 Å². The molecule has 14 heavy (non-hydrogen) atoms. The minimum atomic E-state index is 0.258. The van der Waals surface area contributed by atoms with Crippen LogP contribution >= 0.6 is 0 Å². The first-order valence-corrected chi connectivity index (χ1v) is 5.32. The van der Waals surface area contributed by atoms with Gasteiger partial charge < -0.3 is 15.3 Å². The molecule has 0 bridgehead atoms. The highest BCUT2D eigenvalue weighted by atomic mass is 16.3. The molecule has 1 aliphatic heterocycles.